The Labute approximate surface area is 81.0 Å². The molecule has 1 aromatic carbocycles. The summed E-state index contributed by atoms with van der Waals surface area (Å²) in [4.78, 5) is 1.28. The Balaban J connectivity index is 2.94. The lowest BCUT2D eigenvalue weighted by Gasteiger charge is -1.96. The van der Waals surface area contributed by atoms with Crippen molar-refractivity contribution in [3.8, 4) is 0 Å². The molecule has 13 heavy (non-hydrogen) atoms. The van der Waals surface area contributed by atoms with Crippen LogP contribution in [0.25, 0.3) is 10.1 Å². The van der Waals surface area contributed by atoms with E-state index in [-0.39, 0.29) is 5.82 Å². The molecule has 0 bridgehead atoms. The number of halogens is 1. The number of aryl methyl sites for hydroxylation is 3. The minimum absolute atomic E-state index is 0.133. The van der Waals surface area contributed by atoms with Gasteiger partial charge in [0.15, 0.2) is 0 Å². The van der Waals surface area contributed by atoms with E-state index in [0.29, 0.717) is 0 Å². The van der Waals surface area contributed by atoms with Crippen LogP contribution in [-0.2, 0) is 0 Å². The van der Waals surface area contributed by atoms with Gasteiger partial charge in [0.05, 0.1) is 0 Å². The maximum absolute atomic E-state index is 13.1. The lowest BCUT2D eigenvalue weighted by molar-refractivity contribution is 0.629. The highest BCUT2D eigenvalue weighted by atomic mass is 32.1. The largest absolute Gasteiger partial charge is 0.207 e. The first kappa shape index (κ1) is 8.70. The third kappa shape index (κ3) is 1.25. The Hall–Kier alpha value is -0.890. The lowest BCUT2D eigenvalue weighted by atomic mass is 10.1. The second-order valence-electron chi connectivity index (χ2n) is 3.38. The van der Waals surface area contributed by atoms with Crippen molar-refractivity contribution < 1.29 is 4.39 Å². The van der Waals surface area contributed by atoms with E-state index in [9.17, 15) is 4.39 Å². The summed E-state index contributed by atoms with van der Waals surface area (Å²) in [5, 5.41) is 1.07. The van der Waals surface area contributed by atoms with Crippen LogP contribution >= 0.6 is 11.3 Å². The van der Waals surface area contributed by atoms with Gasteiger partial charge in [-0.15, -0.1) is 11.3 Å². The molecule has 2 rings (SSSR count). The molecule has 0 aliphatic carbocycles. The molecule has 0 nitrogen and oxygen atoms in total. The number of rotatable bonds is 0. The van der Waals surface area contributed by atoms with Gasteiger partial charge in [-0.05, 0) is 49.4 Å². The van der Waals surface area contributed by atoms with Crippen molar-refractivity contribution in [1.29, 1.82) is 0 Å². The summed E-state index contributed by atoms with van der Waals surface area (Å²) in [5.74, 6) is -0.133. The van der Waals surface area contributed by atoms with E-state index in [0.717, 1.165) is 10.9 Å². The zero-order valence-corrected chi connectivity index (χ0v) is 8.76. The summed E-state index contributed by atoms with van der Waals surface area (Å²) in [6.07, 6.45) is 0. The van der Waals surface area contributed by atoms with E-state index in [4.69, 9.17) is 0 Å². The van der Waals surface area contributed by atoms with Crippen LogP contribution in [0.15, 0.2) is 12.1 Å². The van der Waals surface area contributed by atoms with Gasteiger partial charge in [-0.1, -0.05) is 0 Å². The van der Waals surface area contributed by atoms with Crippen molar-refractivity contribution >= 4 is 21.4 Å². The Kier molecular flexibility index (Phi) is 1.88. The predicted molar refractivity (Wildman–Crippen MR) is 56.0 cm³/mol. The SMILES string of the molecule is Cc1sc2c(C)cc(F)cc2c1C. The minimum Gasteiger partial charge on any atom is -0.207 e. The topological polar surface area (TPSA) is 0 Å². The number of hydrogen-bond donors (Lipinski definition) is 0. The number of thiophene rings is 1. The van der Waals surface area contributed by atoms with E-state index in [1.54, 1.807) is 23.5 Å². The maximum atomic E-state index is 13.1. The van der Waals surface area contributed by atoms with E-state index in [1.807, 2.05) is 13.8 Å². The van der Waals surface area contributed by atoms with Gasteiger partial charge in [-0.2, -0.15) is 0 Å². The summed E-state index contributed by atoms with van der Waals surface area (Å²) < 4.78 is 14.3. The molecule has 0 unspecified atom stereocenters. The Bertz CT molecular complexity index is 468. The van der Waals surface area contributed by atoms with Crippen LogP contribution < -0.4 is 0 Å². The standard InChI is InChI=1S/C11H11FS/c1-6-4-9(12)5-10-7(2)8(3)13-11(6)10/h4-5H,1-3H3. The van der Waals surface area contributed by atoms with E-state index < -0.39 is 0 Å². The van der Waals surface area contributed by atoms with Gasteiger partial charge in [0.25, 0.3) is 0 Å². The smallest absolute Gasteiger partial charge is 0.124 e. The molecule has 0 saturated carbocycles. The molecule has 0 spiro atoms. The van der Waals surface area contributed by atoms with Gasteiger partial charge in [-0.3, -0.25) is 0 Å². The number of hydrogen-bond acceptors (Lipinski definition) is 1. The summed E-state index contributed by atoms with van der Waals surface area (Å²) in [6.45, 7) is 6.09. The molecule has 2 aromatic rings. The molecule has 0 fully saturated rings. The molecule has 0 radical (unpaired) electrons. The zero-order valence-electron chi connectivity index (χ0n) is 7.94. The fourth-order valence-electron chi connectivity index (χ4n) is 1.56. The number of fused-ring (bicyclic) bond motifs is 1. The molecule has 0 aliphatic heterocycles. The van der Waals surface area contributed by atoms with Gasteiger partial charge in [-0.25, -0.2) is 4.39 Å². The normalized spacial score (nSPS) is 11.1. The van der Waals surface area contributed by atoms with E-state index >= 15 is 0 Å². The first-order chi connectivity index (χ1) is 6.09. The highest BCUT2D eigenvalue weighted by Crippen LogP contribution is 2.32. The van der Waals surface area contributed by atoms with Crippen LogP contribution in [0.1, 0.15) is 16.0 Å². The molecule has 0 N–H and O–H groups in total. The highest BCUT2D eigenvalue weighted by molar-refractivity contribution is 7.19. The third-order valence-electron chi connectivity index (χ3n) is 2.43. The Morgan fingerprint density at radius 3 is 2.54 bits per heavy atom. The lowest BCUT2D eigenvalue weighted by Crippen LogP contribution is -1.78. The molecule has 1 aromatic heterocycles. The average Bonchev–Trinajstić information content (AvgIpc) is 2.32. The Morgan fingerprint density at radius 1 is 1.15 bits per heavy atom. The van der Waals surface area contributed by atoms with Gasteiger partial charge >= 0.3 is 0 Å². The fraction of sp³-hybridized carbons (Fsp3) is 0.273. The average molecular weight is 194 g/mol. The van der Waals surface area contributed by atoms with Gasteiger partial charge < -0.3 is 0 Å². The summed E-state index contributed by atoms with van der Waals surface area (Å²) in [6, 6.07) is 3.22. The van der Waals surface area contributed by atoms with Crippen molar-refractivity contribution in [2.75, 3.05) is 0 Å². The molecule has 0 amide bonds. The monoisotopic (exact) mass is 194 g/mol. The highest BCUT2D eigenvalue weighted by Gasteiger charge is 2.08. The number of benzene rings is 1. The fourth-order valence-corrected chi connectivity index (χ4v) is 2.67. The first-order valence-corrected chi connectivity index (χ1v) is 5.07. The molecule has 2 heteroatoms. The van der Waals surface area contributed by atoms with Crippen LogP contribution in [0.4, 0.5) is 4.39 Å². The summed E-state index contributed by atoms with van der Waals surface area (Å²) in [7, 11) is 0. The minimum atomic E-state index is -0.133. The van der Waals surface area contributed by atoms with Crippen LogP contribution in [0.2, 0.25) is 0 Å². The molecule has 0 saturated heterocycles. The van der Waals surface area contributed by atoms with Crippen molar-refractivity contribution in [2.24, 2.45) is 0 Å². The van der Waals surface area contributed by atoms with E-state index in [2.05, 4.69) is 6.92 Å². The van der Waals surface area contributed by atoms with Crippen molar-refractivity contribution in [2.45, 2.75) is 20.8 Å². The summed E-state index contributed by atoms with van der Waals surface area (Å²) in [5.41, 5.74) is 2.25. The van der Waals surface area contributed by atoms with Crippen LogP contribution in [-0.4, -0.2) is 0 Å². The molecule has 0 atom stereocenters. The van der Waals surface area contributed by atoms with Gasteiger partial charge in [0, 0.05) is 9.58 Å². The Morgan fingerprint density at radius 2 is 1.85 bits per heavy atom. The van der Waals surface area contributed by atoms with Crippen molar-refractivity contribution in [1.82, 2.24) is 0 Å². The molecular formula is C11H11FS. The molecular weight excluding hydrogens is 183 g/mol. The molecule has 0 aliphatic rings. The maximum Gasteiger partial charge on any atom is 0.124 e. The van der Waals surface area contributed by atoms with Crippen LogP contribution in [0.5, 0.6) is 0 Å². The van der Waals surface area contributed by atoms with E-state index in [1.165, 1.54) is 15.1 Å². The van der Waals surface area contributed by atoms with Crippen LogP contribution in [0.3, 0.4) is 0 Å². The predicted octanol–water partition coefficient (Wildman–Crippen LogP) is 3.97. The first-order valence-electron chi connectivity index (χ1n) is 4.25. The second-order valence-corrected chi connectivity index (χ2v) is 4.61. The molecule has 68 valence electrons. The summed E-state index contributed by atoms with van der Waals surface area (Å²) >= 11 is 1.75. The zero-order chi connectivity index (χ0) is 9.59. The molecule has 1 heterocycles. The quantitative estimate of drug-likeness (QED) is 0.595. The van der Waals surface area contributed by atoms with Crippen LogP contribution in [0, 0.1) is 26.6 Å². The van der Waals surface area contributed by atoms with Crippen molar-refractivity contribution in [3.63, 3.8) is 0 Å². The van der Waals surface area contributed by atoms with Gasteiger partial charge in [0.1, 0.15) is 5.82 Å². The van der Waals surface area contributed by atoms with Crippen molar-refractivity contribution in [3.05, 3.63) is 34.0 Å². The second kappa shape index (κ2) is 2.81. The van der Waals surface area contributed by atoms with Gasteiger partial charge in [0.2, 0.25) is 0 Å². The third-order valence-corrected chi connectivity index (χ3v) is 3.79.